The van der Waals surface area contributed by atoms with Crippen LogP contribution in [-0.4, -0.2) is 55.2 Å². The van der Waals surface area contributed by atoms with Crippen molar-refractivity contribution < 1.29 is 38.0 Å². The summed E-state index contributed by atoms with van der Waals surface area (Å²) in [5.41, 5.74) is -0.471. The molecule has 0 bridgehead atoms. The van der Waals surface area contributed by atoms with Crippen LogP contribution >= 0.6 is 0 Å². The van der Waals surface area contributed by atoms with Crippen molar-refractivity contribution in [2.75, 3.05) is 16.4 Å². The highest BCUT2D eigenvalue weighted by atomic mass is 28.4. The van der Waals surface area contributed by atoms with Gasteiger partial charge >= 0.3 is 5.97 Å². The van der Waals surface area contributed by atoms with E-state index in [1.165, 1.54) is 34.9 Å². The molecule has 218 valence electrons. The lowest BCUT2D eigenvalue weighted by Gasteiger charge is -2.39. The number of hydrogen-bond acceptors (Lipinski definition) is 8. The Hall–Kier alpha value is -3.68. The Morgan fingerprint density at radius 3 is 2.49 bits per heavy atom. The van der Waals surface area contributed by atoms with Gasteiger partial charge in [-0.25, -0.2) is 0 Å². The molecule has 5 atom stereocenters. The molecule has 1 N–H and O–H groups in total. The topological polar surface area (TPSA) is 140 Å². The number of fused-ring (bicyclic) bond motifs is 2. The minimum Gasteiger partial charge on any atom is -0.441 e. The second-order valence-corrected chi connectivity index (χ2v) is 15.1. The molecule has 2 aromatic rings. The standard InChI is InChI=1S/C28H32FN3O8Si/c1-16-26(41(3,4)29)23(11-12-33)40-28(16)21-13-20(32(37)38)9-10-22(21)30(27(28)36)15-18-5-7-19(8-6-18)31-24(35)14-25(31)39-17(2)34/h5-10,13,16,23,25-26,33H,11-12,14-15H2,1-4H3/t16-,23+,25?,26-,28+/m0/s1. The summed E-state index contributed by atoms with van der Waals surface area (Å²) >= 11 is 0. The van der Waals surface area contributed by atoms with E-state index in [4.69, 9.17) is 9.47 Å². The van der Waals surface area contributed by atoms with Crippen LogP contribution in [0.5, 0.6) is 0 Å². The van der Waals surface area contributed by atoms with Gasteiger partial charge in [0.2, 0.25) is 14.3 Å². The van der Waals surface area contributed by atoms with Gasteiger partial charge in [0.1, 0.15) is 0 Å². The van der Waals surface area contributed by atoms with E-state index in [-0.39, 0.29) is 37.6 Å². The number of amides is 2. The van der Waals surface area contributed by atoms with Gasteiger partial charge in [0.05, 0.1) is 29.7 Å². The van der Waals surface area contributed by atoms with Crippen molar-refractivity contribution in [3.05, 3.63) is 63.7 Å². The molecule has 13 heteroatoms. The summed E-state index contributed by atoms with van der Waals surface area (Å²) < 4.78 is 27.2. The molecule has 2 aromatic carbocycles. The summed E-state index contributed by atoms with van der Waals surface area (Å²) in [6, 6.07) is 11.0. The van der Waals surface area contributed by atoms with E-state index in [1.54, 1.807) is 44.3 Å². The first-order chi connectivity index (χ1) is 19.3. The van der Waals surface area contributed by atoms with Crippen LogP contribution < -0.4 is 9.80 Å². The molecule has 2 fully saturated rings. The monoisotopic (exact) mass is 585 g/mol. The fraction of sp³-hybridized carbons (Fsp3) is 0.464. The summed E-state index contributed by atoms with van der Waals surface area (Å²) in [5.74, 6) is -1.76. The van der Waals surface area contributed by atoms with Crippen molar-refractivity contribution in [3.8, 4) is 0 Å². The number of non-ortho nitro benzene ring substituents is 1. The second kappa shape index (κ2) is 10.3. The molecule has 11 nitrogen and oxygen atoms in total. The smallest absolute Gasteiger partial charge is 0.304 e. The van der Waals surface area contributed by atoms with Crippen LogP contribution in [0.1, 0.15) is 37.8 Å². The van der Waals surface area contributed by atoms with Gasteiger partial charge in [0.15, 0.2) is 11.8 Å². The van der Waals surface area contributed by atoms with E-state index >= 15 is 4.11 Å². The Bertz CT molecular complexity index is 1410. The molecule has 3 aliphatic heterocycles. The zero-order valence-corrected chi connectivity index (χ0v) is 24.2. The Labute approximate surface area is 237 Å². The van der Waals surface area contributed by atoms with Gasteiger partial charge in [0, 0.05) is 48.4 Å². The maximum Gasteiger partial charge on any atom is 0.304 e. The van der Waals surface area contributed by atoms with Crippen molar-refractivity contribution >= 4 is 43.3 Å². The van der Waals surface area contributed by atoms with Crippen LogP contribution in [0.3, 0.4) is 0 Å². The molecule has 2 saturated heterocycles. The van der Waals surface area contributed by atoms with Crippen molar-refractivity contribution in [1.29, 1.82) is 0 Å². The number of ether oxygens (including phenoxy) is 2. The SMILES string of the molecule is CC(=O)OC1CC(=O)N1c1ccc(CN2C(=O)[C@]3(O[C@H](CCO)[C@@H]([Si](C)(C)F)[C@@H]3C)c3cc([N+](=O)[O-])ccc32)cc1. The number of β-lactam (4-membered cyclic amide) rings is 1. The van der Waals surface area contributed by atoms with E-state index in [0.29, 0.717) is 22.5 Å². The molecule has 41 heavy (non-hydrogen) atoms. The van der Waals surface area contributed by atoms with Crippen molar-refractivity contribution in [2.24, 2.45) is 5.92 Å². The first-order valence-corrected chi connectivity index (χ1v) is 16.4. The minimum absolute atomic E-state index is 0.0921. The van der Waals surface area contributed by atoms with Crippen molar-refractivity contribution in [1.82, 2.24) is 0 Å². The highest BCUT2D eigenvalue weighted by Crippen LogP contribution is 2.60. The summed E-state index contributed by atoms with van der Waals surface area (Å²) in [5, 5.41) is 21.4. The number of esters is 1. The quantitative estimate of drug-likeness (QED) is 0.123. The molecule has 1 unspecified atom stereocenters. The molecular weight excluding hydrogens is 553 g/mol. The van der Waals surface area contributed by atoms with E-state index in [1.807, 2.05) is 0 Å². The predicted octanol–water partition coefficient (Wildman–Crippen LogP) is 3.92. The maximum absolute atomic E-state index is 15.7. The third-order valence-corrected chi connectivity index (χ3v) is 10.8. The van der Waals surface area contributed by atoms with Gasteiger partial charge < -0.3 is 23.6 Å². The van der Waals surface area contributed by atoms with Crippen LogP contribution in [0.15, 0.2) is 42.5 Å². The molecule has 0 aromatic heterocycles. The number of benzene rings is 2. The number of aliphatic hydroxyl groups excluding tert-OH is 1. The van der Waals surface area contributed by atoms with E-state index in [9.17, 15) is 29.6 Å². The first-order valence-electron chi connectivity index (χ1n) is 13.5. The molecule has 3 heterocycles. The zero-order valence-electron chi connectivity index (χ0n) is 23.2. The van der Waals surface area contributed by atoms with E-state index in [0.717, 1.165) is 0 Å². The molecule has 0 radical (unpaired) electrons. The van der Waals surface area contributed by atoms with Crippen LogP contribution in [0.25, 0.3) is 0 Å². The Balaban J connectivity index is 1.50. The molecule has 0 aliphatic carbocycles. The van der Waals surface area contributed by atoms with Gasteiger partial charge in [-0.1, -0.05) is 19.1 Å². The fourth-order valence-corrected chi connectivity index (χ4v) is 9.17. The predicted molar refractivity (Wildman–Crippen MR) is 148 cm³/mol. The number of halogens is 1. The van der Waals surface area contributed by atoms with Gasteiger partial charge in [-0.3, -0.25) is 29.4 Å². The number of carbonyl (C=O) groups is 3. The Morgan fingerprint density at radius 2 is 1.93 bits per heavy atom. The average Bonchev–Trinajstić information content (AvgIpc) is 3.31. The fourth-order valence-electron chi connectivity index (χ4n) is 6.63. The van der Waals surface area contributed by atoms with Crippen LogP contribution in [-0.2, 0) is 36.0 Å². The van der Waals surface area contributed by atoms with Crippen molar-refractivity contribution in [3.63, 3.8) is 0 Å². The van der Waals surface area contributed by atoms with Crippen LogP contribution in [0, 0.1) is 16.0 Å². The highest BCUT2D eigenvalue weighted by Gasteiger charge is 2.66. The number of nitro groups is 1. The van der Waals surface area contributed by atoms with E-state index < -0.39 is 54.6 Å². The lowest BCUT2D eigenvalue weighted by molar-refractivity contribution is -0.385. The zero-order chi connectivity index (χ0) is 29.9. The highest BCUT2D eigenvalue weighted by molar-refractivity contribution is 6.72. The normalized spacial score (nSPS) is 27.3. The largest absolute Gasteiger partial charge is 0.441 e. The Morgan fingerprint density at radius 1 is 1.24 bits per heavy atom. The molecule has 0 saturated carbocycles. The third kappa shape index (κ3) is 4.71. The summed E-state index contributed by atoms with van der Waals surface area (Å²) in [4.78, 5) is 51.8. The van der Waals surface area contributed by atoms with Gasteiger partial charge in [-0.05, 0) is 43.3 Å². The molecule has 2 amide bonds. The Kier molecular flexibility index (Phi) is 7.24. The molecular formula is C28H32FN3O8Si. The number of nitro benzene ring substituents is 1. The van der Waals surface area contributed by atoms with Gasteiger partial charge in [-0.2, -0.15) is 0 Å². The number of nitrogens with zero attached hydrogens (tertiary/aromatic N) is 3. The summed E-state index contributed by atoms with van der Waals surface area (Å²) in [6.07, 6.45) is -1.16. The van der Waals surface area contributed by atoms with Gasteiger partial charge in [-0.15, -0.1) is 0 Å². The summed E-state index contributed by atoms with van der Waals surface area (Å²) in [7, 11) is -3.40. The van der Waals surface area contributed by atoms with Gasteiger partial charge in [0.25, 0.3) is 11.6 Å². The number of rotatable bonds is 8. The molecule has 1 spiro atoms. The second-order valence-electron chi connectivity index (χ2n) is 11.3. The van der Waals surface area contributed by atoms with E-state index in [2.05, 4.69) is 0 Å². The lowest BCUT2D eigenvalue weighted by atomic mass is 9.82. The molecule has 5 rings (SSSR count). The number of hydrogen-bond donors (Lipinski definition) is 1. The molecule has 3 aliphatic rings. The lowest BCUT2D eigenvalue weighted by Crippen LogP contribution is -2.54. The van der Waals surface area contributed by atoms with Crippen LogP contribution in [0.2, 0.25) is 18.6 Å². The maximum atomic E-state index is 15.7. The first kappa shape index (κ1) is 28.8. The van der Waals surface area contributed by atoms with Crippen molar-refractivity contribution in [2.45, 2.75) is 69.8 Å². The average molecular weight is 586 g/mol. The number of anilines is 2. The third-order valence-electron chi connectivity index (χ3n) is 8.33. The number of aliphatic hydroxyl groups is 1. The number of carbonyl (C=O) groups excluding carboxylic acids is 3. The minimum atomic E-state index is -3.40. The van der Waals surface area contributed by atoms with Crippen LogP contribution in [0.4, 0.5) is 21.2 Å². The summed E-state index contributed by atoms with van der Waals surface area (Å²) in [6.45, 7) is 5.95.